The van der Waals surface area contributed by atoms with E-state index in [4.69, 9.17) is 0 Å². The van der Waals surface area contributed by atoms with Crippen LogP contribution in [0.25, 0.3) is 0 Å². The van der Waals surface area contributed by atoms with Gasteiger partial charge in [0.25, 0.3) is 0 Å². The fourth-order valence-corrected chi connectivity index (χ4v) is 3.11. The second-order valence-electron chi connectivity index (χ2n) is 7.55. The van der Waals surface area contributed by atoms with Gasteiger partial charge in [-0.3, -0.25) is 0 Å². The summed E-state index contributed by atoms with van der Waals surface area (Å²) in [5, 5.41) is 3.09. The Labute approximate surface area is 156 Å². The van der Waals surface area contributed by atoms with Crippen LogP contribution in [0, 0.1) is 5.92 Å². The van der Waals surface area contributed by atoms with Crippen LogP contribution in [-0.2, 0) is 13.0 Å². The number of hydrogen-bond acceptors (Lipinski definition) is 2. The van der Waals surface area contributed by atoms with Gasteiger partial charge in [-0.1, -0.05) is 44.2 Å². The highest BCUT2D eigenvalue weighted by Gasteiger charge is 2.32. The number of carbonyl (C=O) groups is 1. The summed E-state index contributed by atoms with van der Waals surface area (Å²) in [6.45, 7) is 6.70. The van der Waals surface area contributed by atoms with Crippen molar-refractivity contribution in [1.82, 2.24) is 19.8 Å². The van der Waals surface area contributed by atoms with Crippen LogP contribution >= 0.6 is 0 Å². The molecule has 1 N–H and O–H groups in total. The Balaban J connectivity index is 1.48. The van der Waals surface area contributed by atoms with Gasteiger partial charge in [0.15, 0.2) is 0 Å². The van der Waals surface area contributed by atoms with Crippen molar-refractivity contribution in [3.8, 4) is 0 Å². The summed E-state index contributed by atoms with van der Waals surface area (Å²) in [4.78, 5) is 19.0. The maximum absolute atomic E-state index is 12.5. The Bertz CT molecular complexity index is 691. The Morgan fingerprint density at radius 2 is 2.08 bits per heavy atom. The fourth-order valence-electron chi connectivity index (χ4n) is 3.11. The number of amides is 2. The van der Waals surface area contributed by atoms with E-state index in [2.05, 4.69) is 53.0 Å². The summed E-state index contributed by atoms with van der Waals surface area (Å²) in [5.41, 5.74) is 1.25. The quantitative estimate of drug-likeness (QED) is 0.746. The predicted molar refractivity (Wildman–Crippen MR) is 104 cm³/mol. The molecule has 5 nitrogen and oxygen atoms in total. The molecule has 1 aliphatic carbocycles. The molecule has 0 atom stereocenters. The third kappa shape index (κ3) is 5.35. The van der Waals surface area contributed by atoms with Gasteiger partial charge >= 0.3 is 6.03 Å². The van der Waals surface area contributed by atoms with Crippen LogP contribution in [0.2, 0.25) is 0 Å². The highest BCUT2D eigenvalue weighted by Crippen LogP contribution is 2.27. The number of nitrogens with one attached hydrogen (secondary N) is 1. The van der Waals surface area contributed by atoms with Crippen LogP contribution in [0.1, 0.15) is 44.5 Å². The Kier molecular flexibility index (Phi) is 6.31. The first kappa shape index (κ1) is 18.5. The number of hydrogen-bond donors (Lipinski definition) is 1. The minimum absolute atomic E-state index is 0.0781. The first-order chi connectivity index (χ1) is 12.6. The van der Waals surface area contributed by atoms with E-state index in [9.17, 15) is 4.79 Å². The van der Waals surface area contributed by atoms with Crippen LogP contribution in [0.3, 0.4) is 0 Å². The highest BCUT2D eigenvalue weighted by atomic mass is 16.2. The molecule has 0 radical (unpaired) electrons. The van der Waals surface area contributed by atoms with E-state index in [1.54, 1.807) is 0 Å². The monoisotopic (exact) mass is 354 g/mol. The summed E-state index contributed by atoms with van der Waals surface area (Å²) in [6, 6.07) is 10.9. The normalized spacial score (nSPS) is 13.8. The Morgan fingerprint density at radius 1 is 1.31 bits per heavy atom. The minimum Gasteiger partial charge on any atom is -0.338 e. The smallest absolute Gasteiger partial charge is 0.317 e. The van der Waals surface area contributed by atoms with E-state index in [0.717, 1.165) is 44.6 Å². The standard InChI is InChI=1S/C21H30N4O/c1-17(2)11-14-25(19-8-9-19)21(26)23-12-10-20-22-13-15-24(20)16-18-6-4-3-5-7-18/h3-7,13,15,17,19H,8-12,14,16H2,1-2H3,(H,23,26). The Hall–Kier alpha value is -2.30. The molecule has 0 unspecified atom stereocenters. The zero-order valence-electron chi connectivity index (χ0n) is 15.9. The number of carbonyl (C=O) groups excluding carboxylic acids is 1. The maximum Gasteiger partial charge on any atom is 0.317 e. The molecule has 0 spiro atoms. The SMILES string of the molecule is CC(C)CCN(C(=O)NCCc1nccn1Cc1ccccc1)C1CC1. The van der Waals surface area contributed by atoms with Gasteiger partial charge < -0.3 is 14.8 Å². The van der Waals surface area contributed by atoms with Crippen molar-refractivity contribution >= 4 is 6.03 Å². The van der Waals surface area contributed by atoms with Crippen LogP contribution in [0.4, 0.5) is 4.79 Å². The molecule has 1 saturated carbocycles. The van der Waals surface area contributed by atoms with Crippen LogP contribution in [0.15, 0.2) is 42.7 Å². The van der Waals surface area contributed by atoms with Crippen LogP contribution in [0.5, 0.6) is 0 Å². The average molecular weight is 354 g/mol. The van der Waals surface area contributed by atoms with Crippen molar-refractivity contribution < 1.29 is 4.79 Å². The van der Waals surface area contributed by atoms with Crippen LogP contribution in [-0.4, -0.2) is 39.6 Å². The summed E-state index contributed by atoms with van der Waals surface area (Å²) in [5.74, 6) is 1.63. The average Bonchev–Trinajstić information content (AvgIpc) is 3.37. The molecule has 5 heteroatoms. The van der Waals surface area contributed by atoms with Crippen molar-refractivity contribution in [2.24, 2.45) is 5.92 Å². The van der Waals surface area contributed by atoms with Gasteiger partial charge in [0.1, 0.15) is 5.82 Å². The summed E-state index contributed by atoms with van der Waals surface area (Å²) in [7, 11) is 0. The topological polar surface area (TPSA) is 50.2 Å². The largest absolute Gasteiger partial charge is 0.338 e. The van der Waals surface area contributed by atoms with Crippen molar-refractivity contribution in [3.05, 3.63) is 54.1 Å². The van der Waals surface area contributed by atoms with Crippen molar-refractivity contribution in [2.75, 3.05) is 13.1 Å². The molecule has 0 aliphatic heterocycles. The number of aromatic nitrogens is 2. The van der Waals surface area contributed by atoms with Gasteiger partial charge in [-0.15, -0.1) is 0 Å². The van der Waals surface area contributed by atoms with Gasteiger partial charge in [-0.05, 0) is 30.7 Å². The molecule has 0 bridgehead atoms. The number of imidazole rings is 1. The fraction of sp³-hybridized carbons (Fsp3) is 0.524. The van der Waals surface area contributed by atoms with Crippen molar-refractivity contribution in [2.45, 2.75) is 52.1 Å². The van der Waals surface area contributed by atoms with Gasteiger partial charge in [0, 0.05) is 44.5 Å². The maximum atomic E-state index is 12.5. The van der Waals surface area contributed by atoms with Gasteiger partial charge in [-0.2, -0.15) is 0 Å². The molecule has 1 aromatic carbocycles. The lowest BCUT2D eigenvalue weighted by Crippen LogP contribution is -2.43. The van der Waals surface area contributed by atoms with Crippen molar-refractivity contribution in [3.63, 3.8) is 0 Å². The number of rotatable bonds is 9. The summed E-state index contributed by atoms with van der Waals surface area (Å²) in [6.07, 6.45) is 7.93. The predicted octanol–water partition coefficient (Wildman–Crippen LogP) is 3.69. The molecular formula is C21H30N4O. The van der Waals surface area contributed by atoms with Crippen molar-refractivity contribution in [1.29, 1.82) is 0 Å². The minimum atomic E-state index is 0.0781. The lowest BCUT2D eigenvalue weighted by Gasteiger charge is -2.23. The first-order valence-electron chi connectivity index (χ1n) is 9.72. The second kappa shape index (κ2) is 8.88. The van der Waals surface area contributed by atoms with E-state index >= 15 is 0 Å². The summed E-state index contributed by atoms with van der Waals surface area (Å²) >= 11 is 0. The first-order valence-corrected chi connectivity index (χ1v) is 9.72. The molecular weight excluding hydrogens is 324 g/mol. The number of nitrogens with zero attached hydrogens (tertiary/aromatic N) is 3. The number of urea groups is 1. The number of benzene rings is 1. The molecule has 140 valence electrons. The van der Waals surface area contributed by atoms with E-state index in [1.807, 2.05) is 23.4 Å². The lowest BCUT2D eigenvalue weighted by atomic mass is 10.1. The van der Waals surface area contributed by atoms with E-state index < -0.39 is 0 Å². The van der Waals surface area contributed by atoms with Gasteiger partial charge in [0.2, 0.25) is 0 Å². The molecule has 0 saturated heterocycles. The third-order valence-electron chi connectivity index (χ3n) is 4.82. The Morgan fingerprint density at radius 3 is 2.77 bits per heavy atom. The molecule has 2 aromatic rings. The van der Waals surface area contributed by atoms with Crippen LogP contribution < -0.4 is 5.32 Å². The highest BCUT2D eigenvalue weighted by molar-refractivity contribution is 5.74. The summed E-state index contributed by atoms with van der Waals surface area (Å²) < 4.78 is 2.15. The van der Waals surface area contributed by atoms with Gasteiger partial charge in [-0.25, -0.2) is 9.78 Å². The third-order valence-corrected chi connectivity index (χ3v) is 4.82. The lowest BCUT2D eigenvalue weighted by molar-refractivity contribution is 0.191. The molecule has 2 amide bonds. The van der Waals surface area contributed by atoms with E-state index in [0.29, 0.717) is 18.5 Å². The van der Waals surface area contributed by atoms with E-state index in [1.165, 1.54) is 5.56 Å². The molecule has 1 aliphatic rings. The van der Waals surface area contributed by atoms with Gasteiger partial charge in [0.05, 0.1) is 0 Å². The second-order valence-corrected chi connectivity index (χ2v) is 7.55. The molecule has 1 fully saturated rings. The molecule has 26 heavy (non-hydrogen) atoms. The molecule has 1 heterocycles. The zero-order valence-corrected chi connectivity index (χ0v) is 15.9. The zero-order chi connectivity index (χ0) is 18.4. The molecule has 3 rings (SSSR count). The molecule has 1 aromatic heterocycles. The van der Waals surface area contributed by atoms with E-state index in [-0.39, 0.29) is 6.03 Å².